The SMILES string of the molecule is COC(=O)[C@H](C[Se]C[C@@H](NC(=O)OC(C)(C)C)C(=O)OC)NC(=O)OC(C)(C)C. The van der Waals surface area contributed by atoms with Crippen LogP contribution in [-0.2, 0) is 28.5 Å². The minimum atomic E-state index is -0.935. The molecule has 0 spiro atoms. The molecule has 0 unspecified atom stereocenters. The van der Waals surface area contributed by atoms with E-state index in [0.29, 0.717) is 0 Å². The fourth-order valence-electron chi connectivity index (χ4n) is 1.83. The summed E-state index contributed by atoms with van der Waals surface area (Å²) in [4.78, 5) is 47.8. The molecule has 2 amide bonds. The zero-order valence-corrected chi connectivity index (χ0v) is 20.0. The van der Waals surface area contributed by atoms with Crippen LogP contribution in [-0.4, -0.2) is 76.6 Å². The molecule has 0 saturated heterocycles. The summed E-state index contributed by atoms with van der Waals surface area (Å²) in [6.07, 6.45) is -1.50. The van der Waals surface area contributed by atoms with E-state index >= 15 is 0 Å². The standard InChI is InChI=1S/C18H32N2O8Se/c1-17(2,3)27-15(23)19-11(13(21)25-7)9-29-10-12(14(22)26-8)20-16(24)28-18(4,5)6/h11-12H,9-10H2,1-8H3,(H,19,23)(H,20,24)/t11-,12+. The van der Waals surface area contributed by atoms with Crippen molar-refractivity contribution in [2.75, 3.05) is 14.2 Å². The van der Waals surface area contributed by atoms with Crippen molar-refractivity contribution in [2.24, 2.45) is 0 Å². The van der Waals surface area contributed by atoms with Crippen LogP contribution in [0.1, 0.15) is 41.5 Å². The van der Waals surface area contributed by atoms with Crippen LogP contribution in [0.2, 0.25) is 10.6 Å². The molecule has 0 rings (SSSR count). The normalized spacial score (nSPS) is 13.5. The van der Waals surface area contributed by atoms with Gasteiger partial charge in [-0.25, -0.2) is 0 Å². The second kappa shape index (κ2) is 11.9. The molecule has 0 aromatic carbocycles. The minimum absolute atomic E-state index is 0.225. The van der Waals surface area contributed by atoms with Gasteiger partial charge in [0.2, 0.25) is 0 Å². The van der Waals surface area contributed by atoms with E-state index in [1.807, 2.05) is 0 Å². The third-order valence-electron chi connectivity index (χ3n) is 2.92. The van der Waals surface area contributed by atoms with Gasteiger partial charge in [-0.1, -0.05) is 0 Å². The Kier molecular flexibility index (Phi) is 11.1. The van der Waals surface area contributed by atoms with Crippen LogP contribution in [0, 0.1) is 0 Å². The monoisotopic (exact) mass is 484 g/mol. The number of carbonyl (C=O) groups excluding carboxylic acids is 4. The molecule has 0 fully saturated rings. The first kappa shape index (κ1) is 27.0. The van der Waals surface area contributed by atoms with Gasteiger partial charge in [0.1, 0.15) is 0 Å². The van der Waals surface area contributed by atoms with Crippen molar-refractivity contribution < 1.29 is 38.1 Å². The quantitative estimate of drug-likeness (QED) is 0.303. The molecule has 0 bridgehead atoms. The van der Waals surface area contributed by atoms with Crippen molar-refractivity contribution in [3.63, 3.8) is 0 Å². The van der Waals surface area contributed by atoms with Gasteiger partial charge in [-0.15, -0.1) is 0 Å². The van der Waals surface area contributed by atoms with Crippen molar-refractivity contribution in [3.05, 3.63) is 0 Å². The van der Waals surface area contributed by atoms with E-state index in [1.165, 1.54) is 14.2 Å². The Morgan fingerprint density at radius 2 is 1.03 bits per heavy atom. The van der Waals surface area contributed by atoms with Gasteiger partial charge in [0.15, 0.2) is 0 Å². The van der Waals surface area contributed by atoms with Gasteiger partial charge in [0.05, 0.1) is 0 Å². The molecule has 0 aromatic rings. The third kappa shape index (κ3) is 13.0. The van der Waals surface area contributed by atoms with Gasteiger partial charge < -0.3 is 0 Å². The fourth-order valence-corrected chi connectivity index (χ4v) is 4.02. The van der Waals surface area contributed by atoms with Gasteiger partial charge >= 0.3 is 178 Å². The van der Waals surface area contributed by atoms with E-state index in [-0.39, 0.29) is 25.6 Å². The predicted octanol–water partition coefficient (Wildman–Crippen LogP) is 1.66. The second-order valence-electron chi connectivity index (χ2n) is 7.98. The van der Waals surface area contributed by atoms with Gasteiger partial charge in [-0.2, -0.15) is 0 Å². The number of hydrogen-bond acceptors (Lipinski definition) is 8. The molecular formula is C18H32N2O8Se. The Labute approximate surface area is 177 Å². The van der Waals surface area contributed by atoms with Crippen molar-refractivity contribution >= 4 is 39.1 Å². The molecule has 0 aliphatic rings. The summed E-state index contributed by atoms with van der Waals surface area (Å²) in [5.41, 5.74) is -1.44. The Balaban J connectivity index is 4.89. The molecule has 2 atom stereocenters. The first-order valence-electron chi connectivity index (χ1n) is 8.91. The molecule has 2 N–H and O–H groups in total. The van der Waals surface area contributed by atoms with E-state index in [4.69, 9.17) is 18.9 Å². The van der Waals surface area contributed by atoms with Crippen molar-refractivity contribution in [2.45, 2.75) is 75.5 Å². The molecule has 0 aromatic heterocycles. The summed E-state index contributed by atoms with van der Waals surface area (Å²) in [6, 6.07) is -1.87. The Hall–Kier alpha value is -2.00. The number of alkyl carbamates (subject to hydrolysis) is 2. The van der Waals surface area contributed by atoms with Crippen LogP contribution >= 0.6 is 0 Å². The molecule has 0 heterocycles. The molecule has 10 nitrogen and oxygen atoms in total. The third-order valence-corrected chi connectivity index (χ3v) is 5.31. The van der Waals surface area contributed by atoms with E-state index in [0.717, 1.165) is 0 Å². The Morgan fingerprint density at radius 3 is 1.28 bits per heavy atom. The van der Waals surface area contributed by atoms with Crippen LogP contribution in [0.25, 0.3) is 0 Å². The van der Waals surface area contributed by atoms with E-state index in [1.54, 1.807) is 41.5 Å². The number of nitrogens with one attached hydrogen (secondary N) is 2. The summed E-state index contributed by atoms with van der Waals surface area (Å²) in [5.74, 6) is -1.26. The van der Waals surface area contributed by atoms with Gasteiger partial charge in [0.25, 0.3) is 0 Å². The van der Waals surface area contributed by atoms with E-state index in [2.05, 4.69) is 10.6 Å². The number of amides is 2. The second-order valence-corrected chi connectivity index (χ2v) is 10.2. The Morgan fingerprint density at radius 1 is 0.724 bits per heavy atom. The fraction of sp³-hybridized carbons (Fsp3) is 0.778. The number of ether oxygens (including phenoxy) is 4. The van der Waals surface area contributed by atoms with Crippen LogP contribution in [0.15, 0.2) is 0 Å². The maximum atomic E-state index is 11.9. The van der Waals surface area contributed by atoms with Gasteiger partial charge in [-0.05, 0) is 0 Å². The Bertz CT molecular complexity index is 533. The van der Waals surface area contributed by atoms with Gasteiger partial charge in [0, 0.05) is 0 Å². The maximum absolute atomic E-state index is 11.9. The predicted molar refractivity (Wildman–Crippen MR) is 106 cm³/mol. The molecule has 0 aliphatic carbocycles. The zero-order valence-electron chi connectivity index (χ0n) is 18.2. The first-order chi connectivity index (χ1) is 13.2. The molecule has 11 heteroatoms. The van der Waals surface area contributed by atoms with Crippen LogP contribution in [0.3, 0.4) is 0 Å². The van der Waals surface area contributed by atoms with Crippen molar-refractivity contribution in [1.82, 2.24) is 10.6 Å². The number of rotatable bonds is 8. The average molecular weight is 483 g/mol. The average Bonchev–Trinajstić information content (AvgIpc) is 2.55. The number of hydrogen-bond donors (Lipinski definition) is 2. The van der Waals surface area contributed by atoms with Crippen LogP contribution in [0.5, 0.6) is 0 Å². The van der Waals surface area contributed by atoms with E-state index < -0.39 is 47.4 Å². The van der Waals surface area contributed by atoms with Crippen LogP contribution < -0.4 is 10.6 Å². The number of esters is 2. The van der Waals surface area contributed by atoms with Crippen molar-refractivity contribution in [1.29, 1.82) is 0 Å². The first-order valence-corrected chi connectivity index (χ1v) is 11.3. The molecular weight excluding hydrogens is 451 g/mol. The molecule has 0 radical (unpaired) electrons. The zero-order chi connectivity index (χ0) is 22.8. The van der Waals surface area contributed by atoms with Gasteiger partial charge in [-0.3, -0.25) is 0 Å². The summed E-state index contributed by atoms with van der Waals surface area (Å²) < 4.78 is 19.7. The van der Waals surface area contributed by atoms with E-state index in [9.17, 15) is 19.2 Å². The molecule has 0 aliphatic heterocycles. The topological polar surface area (TPSA) is 129 Å². The molecule has 0 saturated carbocycles. The van der Waals surface area contributed by atoms with Crippen LogP contribution in [0.4, 0.5) is 9.59 Å². The molecule has 29 heavy (non-hydrogen) atoms. The summed E-state index contributed by atoms with van der Waals surface area (Å²) in [7, 11) is 2.42. The van der Waals surface area contributed by atoms with Crippen molar-refractivity contribution in [3.8, 4) is 0 Å². The summed E-state index contributed by atoms with van der Waals surface area (Å²) in [6.45, 7) is 10.2. The number of carbonyl (C=O) groups is 4. The molecule has 168 valence electrons. The number of methoxy groups -OCH3 is 2. The summed E-state index contributed by atoms with van der Waals surface area (Å²) >= 11 is -0.332. The summed E-state index contributed by atoms with van der Waals surface area (Å²) in [5, 5.41) is 5.38.